The smallest absolute Gasteiger partial charge is 0.134 e. The Hall–Kier alpha value is -0.680. The number of ether oxygens (including phenoxy) is 1. The van der Waals surface area contributed by atoms with Crippen molar-refractivity contribution in [3.8, 4) is 0 Å². The molecule has 1 atom stereocenters. The number of hydrogen-bond donors (Lipinski definition) is 0. The second-order valence-electron chi connectivity index (χ2n) is 5.83. The summed E-state index contributed by atoms with van der Waals surface area (Å²) in [5.74, 6) is 3.02. The summed E-state index contributed by atoms with van der Waals surface area (Å²) in [4.78, 5) is 11.6. The first-order valence-corrected chi connectivity index (χ1v) is 8.12. The average Bonchev–Trinajstić information content (AvgIpc) is 3.22. The van der Waals surface area contributed by atoms with Crippen molar-refractivity contribution in [3.63, 3.8) is 0 Å². The van der Waals surface area contributed by atoms with Crippen LogP contribution < -0.4 is 4.90 Å². The molecule has 1 aliphatic rings. The third-order valence-electron chi connectivity index (χ3n) is 3.84. The quantitative estimate of drug-likeness (QED) is 0.710. The number of hydrogen-bond acceptors (Lipinski definition) is 4. The summed E-state index contributed by atoms with van der Waals surface area (Å²) in [5, 5.41) is 0. The van der Waals surface area contributed by atoms with Gasteiger partial charge in [0, 0.05) is 31.7 Å². The Kier molecular flexibility index (Phi) is 5.38. The third-order valence-corrected chi connectivity index (χ3v) is 4.25. The van der Waals surface area contributed by atoms with Crippen LogP contribution in [0.4, 0.5) is 5.82 Å². The highest BCUT2D eigenvalue weighted by molar-refractivity contribution is 9.10. The Balaban J connectivity index is 2.26. The predicted octanol–water partition coefficient (Wildman–Crippen LogP) is 3.61. The Morgan fingerprint density at radius 3 is 2.60 bits per heavy atom. The molecule has 1 aliphatic carbocycles. The summed E-state index contributed by atoms with van der Waals surface area (Å²) in [7, 11) is 1.75. The Bertz CT molecular complexity index is 449. The standard InChI is InChI=1S/C15H24BrN3O/c1-10(2)15-17-13(16)9-14(18-15)19(7-8-20-4)11(3)12-5-6-12/h9-12H,5-8H2,1-4H3. The van der Waals surface area contributed by atoms with E-state index in [2.05, 4.69) is 46.6 Å². The van der Waals surface area contributed by atoms with Crippen LogP contribution in [0.1, 0.15) is 45.4 Å². The van der Waals surface area contributed by atoms with Gasteiger partial charge in [-0.05, 0) is 41.6 Å². The molecule has 2 rings (SSSR count). The van der Waals surface area contributed by atoms with Gasteiger partial charge in [-0.3, -0.25) is 0 Å². The minimum atomic E-state index is 0.326. The molecule has 0 radical (unpaired) electrons. The summed E-state index contributed by atoms with van der Waals surface area (Å²) >= 11 is 3.51. The molecule has 4 nitrogen and oxygen atoms in total. The highest BCUT2D eigenvalue weighted by Gasteiger charge is 2.32. The average molecular weight is 342 g/mol. The van der Waals surface area contributed by atoms with Crippen LogP contribution in [0.5, 0.6) is 0 Å². The molecular weight excluding hydrogens is 318 g/mol. The molecule has 0 aliphatic heterocycles. The fourth-order valence-corrected chi connectivity index (χ4v) is 2.76. The van der Waals surface area contributed by atoms with Gasteiger partial charge in [0.05, 0.1) is 6.61 Å². The molecule has 1 fully saturated rings. The molecule has 1 unspecified atom stereocenters. The van der Waals surface area contributed by atoms with Crippen molar-refractivity contribution in [2.45, 2.75) is 45.6 Å². The van der Waals surface area contributed by atoms with Crippen molar-refractivity contribution < 1.29 is 4.74 Å². The number of rotatable bonds is 7. The molecule has 0 bridgehead atoms. The van der Waals surface area contributed by atoms with Gasteiger partial charge in [0.2, 0.25) is 0 Å². The molecule has 1 aromatic heterocycles. The molecule has 1 saturated carbocycles. The van der Waals surface area contributed by atoms with E-state index in [0.717, 1.165) is 35.3 Å². The van der Waals surface area contributed by atoms with Crippen molar-refractivity contribution in [2.75, 3.05) is 25.2 Å². The highest BCUT2D eigenvalue weighted by atomic mass is 79.9. The maximum atomic E-state index is 5.26. The van der Waals surface area contributed by atoms with Crippen LogP contribution in [0.2, 0.25) is 0 Å². The largest absolute Gasteiger partial charge is 0.383 e. The van der Waals surface area contributed by atoms with E-state index in [-0.39, 0.29) is 0 Å². The second-order valence-corrected chi connectivity index (χ2v) is 6.64. The van der Waals surface area contributed by atoms with Gasteiger partial charge in [-0.25, -0.2) is 9.97 Å². The van der Waals surface area contributed by atoms with Crippen molar-refractivity contribution in [3.05, 3.63) is 16.5 Å². The maximum absolute atomic E-state index is 5.26. The van der Waals surface area contributed by atoms with Crippen LogP contribution in [0, 0.1) is 5.92 Å². The first kappa shape index (κ1) is 15.7. The molecule has 0 N–H and O–H groups in total. The van der Waals surface area contributed by atoms with Crippen LogP contribution in [-0.4, -0.2) is 36.3 Å². The lowest BCUT2D eigenvalue weighted by Gasteiger charge is -2.30. The summed E-state index contributed by atoms with van der Waals surface area (Å²) in [6.45, 7) is 8.12. The van der Waals surface area contributed by atoms with Crippen molar-refractivity contribution in [2.24, 2.45) is 5.92 Å². The first-order valence-electron chi connectivity index (χ1n) is 7.33. The fraction of sp³-hybridized carbons (Fsp3) is 0.733. The summed E-state index contributed by atoms with van der Waals surface area (Å²) in [6.07, 6.45) is 2.65. The van der Waals surface area contributed by atoms with E-state index in [0.29, 0.717) is 12.0 Å². The molecule has 0 amide bonds. The SMILES string of the molecule is COCCN(c1cc(Br)nc(C(C)C)n1)C(C)C1CC1. The van der Waals surface area contributed by atoms with Gasteiger partial charge in [0.25, 0.3) is 0 Å². The van der Waals surface area contributed by atoms with E-state index in [1.807, 2.05) is 6.07 Å². The van der Waals surface area contributed by atoms with Gasteiger partial charge in [-0.2, -0.15) is 0 Å². The monoisotopic (exact) mass is 341 g/mol. The first-order chi connectivity index (χ1) is 9.52. The van der Waals surface area contributed by atoms with Gasteiger partial charge in [0.1, 0.15) is 16.2 Å². The van der Waals surface area contributed by atoms with E-state index in [4.69, 9.17) is 9.72 Å². The fourth-order valence-electron chi connectivity index (χ4n) is 2.38. The Morgan fingerprint density at radius 2 is 2.05 bits per heavy atom. The lowest BCUT2D eigenvalue weighted by Crippen LogP contribution is -2.38. The number of anilines is 1. The van der Waals surface area contributed by atoms with Crippen LogP contribution in [0.3, 0.4) is 0 Å². The van der Waals surface area contributed by atoms with Gasteiger partial charge < -0.3 is 9.64 Å². The van der Waals surface area contributed by atoms with Crippen LogP contribution in [0.15, 0.2) is 10.7 Å². The molecule has 0 aromatic carbocycles. The number of aromatic nitrogens is 2. The van der Waals surface area contributed by atoms with Gasteiger partial charge in [-0.15, -0.1) is 0 Å². The molecule has 1 heterocycles. The summed E-state index contributed by atoms with van der Waals surface area (Å²) in [6, 6.07) is 2.52. The van der Waals surface area contributed by atoms with E-state index in [1.54, 1.807) is 7.11 Å². The number of nitrogens with zero attached hydrogens (tertiary/aromatic N) is 3. The molecule has 0 saturated heterocycles. The van der Waals surface area contributed by atoms with Crippen LogP contribution >= 0.6 is 15.9 Å². The van der Waals surface area contributed by atoms with Crippen molar-refractivity contribution in [1.82, 2.24) is 9.97 Å². The molecule has 5 heteroatoms. The zero-order chi connectivity index (χ0) is 14.7. The maximum Gasteiger partial charge on any atom is 0.134 e. The topological polar surface area (TPSA) is 38.2 Å². The molecule has 1 aromatic rings. The molecular formula is C15H24BrN3O. The summed E-state index contributed by atoms with van der Waals surface area (Å²) in [5.41, 5.74) is 0. The highest BCUT2D eigenvalue weighted by Crippen LogP contribution is 2.36. The molecule has 112 valence electrons. The molecule has 20 heavy (non-hydrogen) atoms. The minimum absolute atomic E-state index is 0.326. The van der Waals surface area contributed by atoms with Crippen molar-refractivity contribution in [1.29, 1.82) is 0 Å². The Morgan fingerprint density at radius 1 is 1.35 bits per heavy atom. The zero-order valence-electron chi connectivity index (χ0n) is 12.8. The van der Waals surface area contributed by atoms with Gasteiger partial charge in [0.15, 0.2) is 0 Å². The lowest BCUT2D eigenvalue weighted by atomic mass is 10.1. The predicted molar refractivity (Wildman–Crippen MR) is 85.2 cm³/mol. The van der Waals surface area contributed by atoms with E-state index < -0.39 is 0 Å². The lowest BCUT2D eigenvalue weighted by molar-refractivity contribution is 0.202. The van der Waals surface area contributed by atoms with Crippen LogP contribution in [0.25, 0.3) is 0 Å². The van der Waals surface area contributed by atoms with Crippen molar-refractivity contribution >= 4 is 21.7 Å². The van der Waals surface area contributed by atoms with E-state index >= 15 is 0 Å². The summed E-state index contributed by atoms with van der Waals surface area (Å²) < 4.78 is 6.11. The zero-order valence-corrected chi connectivity index (χ0v) is 14.4. The molecule has 0 spiro atoms. The van der Waals surface area contributed by atoms with Crippen LogP contribution in [-0.2, 0) is 4.74 Å². The normalized spacial score (nSPS) is 16.5. The second kappa shape index (κ2) is 6.85. The van der Waals surface area contributed by atoms with Gasteiger partial charge >= 0.3 is 0 Å². The van der Waals surface area contributed by atoms with E-state index in [9.17, 15) is 0 Å². The Labute approximate surface area is 130 Å². The number of halogens is 1. The van der Waals surface area contributed by atoms with E-state index in [1.165, 1.54) is 12.8 Å². The third kappa shape index (κ3) is 3.92. The number of methoxy groups -OCH3 is 1. The van der Waals surface area contributed by atoms with Gasteiger partial charge in [-0.1, -0.05) is 13.8 Å². The minimum Gasteiger partial charge on any atom is -0.383 e.